The van der Waals surface area contributed by atoms with Crippen molar-refractivity contribution in [3.8, 4) is 0 Å². The molecule has 2 heterocycles. The van der Waals surface area contributed by atoms with Crippen molar-refractivity contribution < 1.29 is 4.74 Å². The Morgan fingerprint density at radius 1 is 1.47 bits per heavy atom. The largest absolute Gasteiger partial charge is 0.384 e. The minimum absolute atomic E-state index is 0.617. The molecule has 2 rings (SSSR count). The van der Waals surface area contributed by atoms with Gasteiger partial charge in [0.25, 0.3) is 0 Å². The number of nitrogens with zero attached hydrogens (tertiary/aromatic N) is 3. The van der Waals surface area contributed by atoms with E-state index >= 15 is 0 Å². The van der Waals surface area contributed by atoms with E-state index in [-0.39, 0.29) is 0 Å². The Morgan fingerprint density at radius 2 is 2.32 bits per heavy atom. The maximum atomic E-state index is 5.25. The molecular formula is C14H24N4O. The van der Waals surface area contributed by atoms with Gasteiger partial charge in [-0.3, -0.25) is 0 Å². The summed E-state index contributed by atoms with van der Waals surface area (Å²) in [6.07, 6.45) is 3.93. The van der Waals surface area contributed by atoms with Crippen molar-refractivity contribution in [3.63, 3.8) is 0 Å². The average Bonchev–Trinajstić information content (AvgIpc) is 2.86. The lowest BCUT2D eigenvalue weighted by atomic mass is 10.1. The molecule has 1 unspecified atom stereocenters. The highest BCUT2D eigenvalue weighted by atomic mass is 16.5. The van der Waals surface area contributed by atoms with Gasteiger partial charge in [-0.05, 0) is 19.8 Å². The molecule has 5 heteroatoms. The van der Waals surface area contributed by atoms with Crippen molar-refractivity contribution in [1.29, 1.82) is 0 Å². The van der Waals surface area contributed by atoms with Crippen LogP contribution in [0, 0.1) is 12.8 Å². The van der Waals surface area contributed by atoms with Crippen LogP contribution in [0.4, 0.5) is 11.6 Å². The quantitative estimate of drug-likeness (QED) is 0.852. The molecule has 0 saturated carbocycles. The van der Waals surface area contributed by atoms with Crippen LogP contribution >= 0.6 is 0 Å². The molecule has 0 aliphatic carbocycles. The molecule has 1 aliphatic rings. The minimum Gasteiger partial charge on any atom is -0.384 e. The van der Waals surface area contributed by atoms with Gasteiger partial charge in [-0.2, -0.15) is 0 Å². The fraction of sp³-hybridized carbons (Fsp3) is 0.714. The number of hydrogen-bond donors (Lipinski definition) is 1. The zero-order valence-corrected chi connectivity index (χ0v) is 12.1. The molecule has 1 aliphatic heterocycles. The number of aromatic nitrogens is 2. The summed E-state index contributed by atoms with van der Waals surface area (Å²) in [5.74, 6) is 2.64. The van der Waals surface area contributed by atoms with Crippen molar-refractivity contribution >= 4 is 11.6 Å². The summed E-state index contributed by atoms with van der Waals surface area (Å²) < 4.78 is 5.25. The van der Waals surface area contributed by atoms with E-state index in [9.17, 15) is 0 Å². The third-order valence-electron chi connectivity index (χ3n) is 3.59. The van der Waals surface area contributed by atoms with Crippen LogP contribution in [0.1, 0.15) is 25.3 Å². The van der Waals surface area contributed by atoms with Crippen LogP contribution in [-0.2, 0) is 4.74 Å². The lowest BCUT2D eigenvalue weighted by Gasteiger charge is -2.20. The van der Waals surface area contributed by atoms with Gasteiger partial charge in [0.1, 0.15) is 18.0 Å². The summed E-state index contributed by atoms with van der Waals surface area (Å²) in [6, 6.07) is 0. The molecule has 1 saturated heterocycles. The number of nitrogens with one attached hydrogen (secondary N) is 1. The highest BCUT2D eigenvalue weighted by Gasteiger charge is 2.25. The van der Waals surface area contributed by atoms with Gasteiger partial charge >= 0.3 is 0 Å². The van der Waals surface area contributed by atoms with Gasteiger partial charge in [0.15, 0.2) is 0 Å². The smallest absolute Gasteiger partial charge is 0.137 e. The number of ether oxygens (including phenoxy) is 1. The molecular weight excluding hydrogens is 240 g/mol. The van der Waals surface area contributed by atoms with Crippen LogP contribution in [0.3, 0.4) is 0 Å². The normalized spacial score (nSPS) is 18.9. The van der Waals surface area contributed by atoms with E-state index in [1.54, 1.807) is 13.4 Å². The zero-order chi connectivity index (χ0) is 13.7. The second-order valence-corrected chi connectivity index (χ2v) is 5.15. The fourth-order valence-corrected chi connectivity index (χ4v) is 2.58. The van der Waals surface area contributed by atoms with Gasteiger partial charge in [-0.25, -0.2) is 9.97 Å². The Labute approximate surface area is 115 Å². The number of anilines is 2. The molecule has 1 atom stereocenters. The van der Waals surface area contributed by atoms with Gasteiger partial charge in [-0.15, -0.1) is 0 Å². The molecule has 1 aromatic rings. The van der Waals surface area contributed by atoms with E-state index in [0.717, 1.165) is 49.9 Å². The first-order chi connectivity index (χ1) is 9.26. The molecule has 106 valence electrons. The Balaban J connectivity index is 2.08. The summed E-state index contributed by atoms with van der Waals surface area (Å²) in [5.41, 5.74) is 1.15. The van der Waals surface area contributed by atoms with Crippen LogP contribution in [0.25, 0.3) is 0 Å². The molecule has 0 radical (unpaired) electrons. The molecule has 19 heavy (non-hydrogen) atoms. The molecule has 1 fully saturated rings. The van der Waals surface area contributed by atoms with Crippen molar-refractivity contribution in [2.24, 2.45) is 5.92 Å². The van der Waals surface area contributed by atoms with E-state index in [1.165, 1.54) is 6.42 Å². The molecule has 0 bridgehead atoms. The van der Waals surface area contributed by atoms with E-state index in [1.807, 2.05) is 0 Å². The van der Waals surface area contributed by atoms with Gasteiger partial charge in [0.2, 0.25) is 0 Å². The van der Waals surface area contributed by atoms with Crippen molar-refractivity contribution in [1.82, 2.24) is 9.97 Å². The topological polar surface area (TPSA) is 50.3 Å². The lowest BCUT2D eigenvalue weighted by molar-refractivity contribution is 0.161. The first kappa shape index (κ1) is 14.1. The molecule has 1 aromatic heterocycles. The lowest BCUT2D eigenvalue weighted by Crippen LogP contribution is -2.23. The Hall–Kier alpha value is -1.36. The second-order valence-electron chi connectivity index (χ2n) is 5.15. The molecule has 5 nitrogen and oxygen atoms in total. The SMILES string of the molecule is CCCNc1ncnc(N2CCC(COC)C2)c1C. The Kier molecular flexibility index (Phi) is 4.96. The predicted octanol–water partition coefficient (Wildman–Crippen LogP) is 2.08. The first-order valence-electron chi connectivity index (χ1n) is 7.05. The van der Waals surface area contributed by atoms with Crippen LogP contribution in [-0.4, -0.2) is 43.3 Å². The van der Waals surface area contributed by atoms with Crippen LogP contribution in [0.15, 0.2) is 6.33 Å². The minimum atomic E-state index is 0.617. The van der Waals surface area contributed by atoms with Gasteiger partial charge < -0.3 is 15.0 Å². The maximum absolute atomic E-state index is 5.25. The highest BCUT2D eigenvalue weighted by Crippen LogP contribution is 2.27. The van der Waals surface area contributed by atoms with Crippen molar-refractivity contribution in [2.75, 3.05) is 43.6 Å². The second kappa shape index (κ2) is 6.70. The molecule has 0 spiro atoms. The zero-order valence-electron chi connectivity index (χ0n) is 12.1. The molecule has 1 N–H and O–H groups in total. The van der Waals surface area contributed by atoms with Crippen LogP contribution < -0.4 is 10.2 Å². The van der Waals surface area contributed by atoms with Gasteiger partial charge in [-0.1, -0.05) is 6.92 Å². The van der Waals surface area contributed by atoms with Crippen LogP contribution in [0.2, 0.25) is 0 Å². The standard InChI is InChI=1S/C14H24N4O/c1-4-6-15-13-11(2)14(17-10-16-13)18-7-5-12(8-18)9-19-3/h10,12H,4-9H2,1-3H3,(H,15,16,17). The number of hydrogen-bond acceptors (Lipinski definition) is 5. The summed E-state index contributed by atoms with van der Waals surface area (Å²) in [6.45, 7) is 8.11. The van der Waals surface area contributed by atoms with E-state index in [4.69, 9.17) is 4.74 Å². The third kappa shape index (κ3) is 3.35. The molecule has 0 aromatic carbocycles. The third-order valence-corrected chi connectivity index (χ3v) is 3.59. The summed E-state index contributed by atoms with van der Waals surface area (Å²) >= 11 is 0. The Morgan fingerprint density at radius 3 is 3.05 bits per heavy atom. The van der Waals surface area contributed by atoms with E-state index in [2.05, 4.69) is 34.0 Å². The Bertz CT molecular complexity index is 410. The first-order valence-corrected chi connectivity index (χ1v) is 7.05. The average molecular weight is 264 g/mol. The fourth-order valence-electron chi connectivity index (χ4n) is 2.58. The maximum Gasteiger partial charge on any atom is 0.137 e. The van der Waals surface area contributed by atoms with Gasteiger partial charge in [0.05, 0.1) is 6.61 Å². The van der Waals surface area contributed by atoms with Crippen molar-refractivity contribution in [2.45, 2.75) is 26.7 Å². The van der Waals surface area contributed by atoms with Crippen molar-refractivity contribution in [3.05, 3.63) is 11.9 Å². The monoisotopic (exact) mass is 264 g/mol. The predicted molar refractivity (Wildman–Crippen MR) is 77.7 cm³/mol. The van der Waals surface area contributed by atoms with E-state index < -0.39 is 0 Å². The summed E-state index contributed by atoms with van der Waals surface area (Å²) in [4.78, 5) is 11.1. The highest BCUT2D eigenvalue weighted by molar-refractivity contribution is 5.58. The van der Waals surface area contributed by atoms with Crippen LogP contribution in [0.5, 0.6) is 0 Å². The summed E-state index contributed by atoms with van der Waals surface area (Å²) in [5, 5.41) is 3.36. The van der Waals surface area contributed by atoms with E-state index in [0.29, 0.717) is 5.92 Å². The van der Waals surface area contributed by atoms with Gasteiger partial charge in [0, 0.05) is 38.2 Å². The number of rotatable bonds is 6. The molecule has 0 amide bonds. The summed E-state index contributed by atoms with van der Waals surface area (Å²) in [7, 11) is 1.77. The number of methoxy groups -OCH3 is 1.